The second-order valence-corrected chi connectivity index (χ2v) is 8.07. The normalized spacial score (nSPS) is 17.5. The molecule has 178 valence electrons. The predicted molar refractivity (Wildman–Crippen MR) is 120 cm³/mol. The molecule has 2 aliphatic rings. The first-order chi connectivity index (χ1) is 16.4. The number of nitrogens with one attached hydrogen (secondary N) is 2. The van der Waals surface area contributed by atoms with Crippen LogP contribution in [0.1, 0.15) is 29.9 Å². The Morgan fingerprint density at radius 2 is 1.74 bits per heavy atom. The van der Waals surface area contributed by atoms with Gasteiger partial charge in [-0.25, -0.2) is 14.6 Å². The van der Waals surface area contributed by atoms with Crippen LogP contribution in [-0.2, 0) is 23.9 Å². The molecule has 1 heterocycles. The van der Waals surface area contributed by atoms with E-state index in [1.54, 1.807) is 0 Å². The molecule has 2 aromatic rings. The number of benzene rings is 2. The number of hydrogen-bond donors (Lipinski definition) is 3. The number of nitrogens with zero attached hydrogens (tertiary/aromatic N) is 1. The number of fused-ring (bicyclic) bond motifs is 3. The maximum atomic E-state index is 12.6. The smallest absolute Gasteiger partial charge is 0.407 e. The van der Waals surface area contributed by atoms with Crippen molar-refractivity contribution in [2.24, 2.45) is 0 Å². The minimum atomic E-state index is -1.30. The summed E-state index contributed by atoms with van der Waals surface area (Å²) in [5, 5.41) is 12.6. The lowest BCUT2D eigenvalue weighted by Crippen LogP contribution is -2.51. The molecule has 4 rings (SSSR count). The average molecular weight is 467 g/mol. The van der Waals surface area contributed by atoms with Gasteiger partial charge in [0.15, 0.2) is 6.04 Å². The topological polar surface area (TPSA) is 134 Å². The average Bonchev–Trinajstić information content (AvgIpc) is 3.38. The van der Waals surface area contributed by atoms with Crippen molar-refractivity contribution < 1.29 is 33.8 Å². The van der Waals surface area contributed by atoms with E-state index in [1.165, 1.54) is 7.11 Å². The fourth-order valence-corrected chi connectivity index (χ4v) is 4.38. The van der Waals surface area contributed by atoms with Gasteiger partial charge in [-0.05, 0) is 22.3 Å². The molecule has 0 aromatic heterocycles. The number of carbonyl (C=O) groups is 4. The van der Waals surface area contributed by atoms with Gasteiger partial charge in [-0.3, -0.25) is 15.0 Å². The standard InChI is InChI=1S/C24H25N3O7/c1-33-20(22(29)27-19(23(30)31)12-21(28)26-27)10-11-25-24(32)34-13-18-16-8-4-2-6-14(16)15-7-3-5-9-17(15)18/h2-9,18-20H,10-13H2,1H3,(H,25,32)(H,26,28)(H,30,31). The van der Waals surface area contributed by atoms with E-state index < -0.39 is 36.0 Å². The number of aliphatic carboxylic acids is 1. The van der Waals surface area contributed by atoms with Crippen molar-refractivity contribution in [1.82, 2.24) is 15.8 Å². The van der Waals surface area contributed by atoms with Gasteiger partial charge in [0.25, 0.3) is 5.91 Å². The van der Waals surface area contributed by atoms with Crippen LogP contribution in [-0.4, -0.2) is 66.4 Å². The van der Waals surface area contributed by atoms with E-state index in [1.807, 2.05) is 48.5 Å². The van der Waals surface area contributed by atoms with Crippen molar-refractivity contribution in [2.45, 2.75) is 30.9 Å². The van der Waals surface area contributed by atoms with E-state index in [-0.39, 0.29) is 31.9 Å². The summed E-state index contributed by atoms with van der Waals surface area (Å²) in [6, 6.07) is 14.7. The van der Waals surface area contributed by atoms with Crippen LogP contribution in [0, 0.1) is 0 Å². The summed E-state index contributed by atoms with van der Waals surface area (Å²) in [4.78, 5) is 47.8. The lowest BCUT2D eigenvalue weighted by molar-refractivity contribution is -0.156. The Kier molecular flexibility index (Phi) is 6.78. The summed E-state index contributed by atoms with van der Waals surface area (Å²) < 4.78 is 10.6. The predicted octanol–water partition coefficient (Wildman–Crippen LogP) is 1.65. The quantitative estimate of drug-likeness (QED) is 0.537. The van der Waals surface area contributed by atoms with Gasteiger partial charge in [0.1, 0.15) is 12.7 Å². The Labute approximate surface area is 195 Å². The third kappa shape index (κ3) is 4.58. The molecule has 1 saturated heterocycles. The summed E-state index contributed by atoms with van der Waals surface area (Å²) in [6.45, 7) is 0.215. The first-order valence-corrected chi connectivity index (χ1v) is 10.9. The number of alkyl carbamates (subject to hydrolysis) is 1. The van der Waals surface area contributed by atoms with Gasteiger partial charge in [0, 0.05) is 26.0 Å². The number of carboxylic acid groups (broad SMARTS) is 1. The number of hydrazine groups is 1. The first kappa shape index (κ1) is 23.2. The molecule has 34 heavy (non-hydrogen) atoms. The zero-order valence-electron chi connectivity index (χ0n) is 18.5. The number of methoxy groups -OCH3 is 1. The van der Waals surface area contributed by atoms with Crippen LogP contribution in [0.15, 0.2) is 48.5 Å². The highest BCUT2D eigenvalue weighted by molar-refractivity contribution is 5.95. The van der Waals surface area contributed by atoms with Crippen LogP contribution >= 0.6 is 0 Å². The largest absolute Gasteiger partial charge is 0.480 e. The Bertz CT molecular complexity index is 1070. The van der Waals surface area contributed by atoms with Crippen LogP contribution in [0.5, 0.6) is 0 Å². The molecule has 0 bridgehead atoms. The molecule has 2 atom stereocenters. The molecule has 1 aliphatic heterocycles. The third-order valence-electron chi connectivity index (χ3n) is 6.04. The van der Waals surface area contributed by atoms with Gasteiger partial charge in [0.2, 0.25) is 5.91 Å². The summed E-state index contributed by atoms with van der Waals surface area (Å²) in [5.74, 6) is -2.63. The molecule has 10 nitrogen and oxygen atoms in total. The summed E-state index contributed by atoms with van der Waals surface area (Å²) in [6.07, 6.45) is -1.94. The highest BCUT2D eigenvalue weighted by Crippen LogP contribution is 2.44. The van der Waals surface area contributed by atoms with Gasteiger partial charge < -0.3 is 19.9 Å². The van der Waals surface area contributed by atoms with E-state index in [9.17, 15) is 24.3 Å². The van der Waals surface area contributed by atoms with Crippen LogP contribution in [0.3, 0.4) is 0 Å². The van der Waals surface area contributed by atoms with Crippen LogP contribution in [0.25, 0.3) is 11.1 Å². The molecule has 2 aromatic carbocycles. The zero-order chi connectivity index (χ0) is 24.2. The number of hydrogen-bond acceptors (Lipinski definition) is 6. The SMILES string of the molecule is COC(CCNC(=O)OCC1c2ccccc2-c2ccccc21)C(=O)N1NC(=O)CC1C(=O)O. The van der Waals surface area contributed by atoms with Gasteiger partial charge in [0.05, 0.1) is 6.42 Å². The minimum absolute atomic E-state index is 0.0560. The molecule has 3 N–H and O–H groups in total. The fraction of sp³-hybridized carbons (Fsp3) is 0.333. The summed E-state index contributed by atoms with van der Waals surface area (Å²) in [5.41, 5.74) is 6.69. The maximum absolute atomic E-state index is 12.6. The van der Waals surface area contributed by atoms with Gasteiger partial charge in [-0.15, -0.1) is 0 Å². The van der Waals surface area contributed by atoms with Crippen molar-refractivity contribution in [3.8, 4) is 11.1 Å². The number of ether oxygens (including phenoxy) is 2. The van der Waals surface area contributed by atoms with E-state index in [0.717, 1.165) is 27.3 Å². The van der Waals surface area contributed by atoms with Crippen molar-refractivity contribution in [3.63, 3.8) is 0 Å². The van der Waals surface area contributed by atoms with E-state index in [0.29, 0.717) is 0 Å². The fourth-order valence-electron chi connectivity index (χ4n) is 4.38. The maximum Gasteiger partial charge on any atom is 0.407 e. The molecule has 10 heteroatoms. The lowest BCUT2D eigenvalue weighted by Gasteiger charge is -2.25. The van der Waals surface area contributed by atoms with Gasteiger partial charge in [-0.2, -0.15) is 0 Å². The second kappa shape index (κ2) is 9.92. The summed E-state index contributed by atoms with van der Waals surface area (Å²) in [7, 11) is 1.30. The minimum Gasteiger partial charge on any atom is -0.480 e. The third-order valence-corrected chi connectivity index (χ3v) is 6.04. The molecule has 1 aliphatic carbocycles. The lowest BCUT2D eigenvalue weighted by atomic mass is 9.98. The summed E-state index contributed by atoms with van der Waals surface area (Å²) >= 11 is 0. The highest BCUT2D eigenvalue weighted by atomic mass is 16.5. The molecule has 0 saturated carbocycles. The molecule has 3 amide bonds. The Morgan fingerprint density at radius 3 is 2.32 bits per heavy atom. The highest BCUT2D eigenvalue weighted by Gasteiger charge is 2.41. The van der Waals surface area contributed by atoms with E-state index >= 15 is 0 Å². The van der Waals surface area contributed by atoms with Crippen LogP contribution < -0.4 is 10.7 Å². The molecular weight excluding hydrogens is 442 g/mol. The Morgan fingerprint density at radius 1 is 1.12 bits per heavy atom. The monoisotopic (exact) mass is 467 g/mol. The van der Waals surface area contributed by atoms with Crippen molar-refractivity contribution in [2.75, 3.05) is 20.3 Å². The second-order valence-electron chi connectivity index (χ2n) is 8.07. The molecule has 2 unspecified atom stereocenters. The van der Waals surface area contributed by atoms with Crippen LogP contribution in [0.2, 0.25) is 0 Å². The number of carboxylic acids is 1. The van der Waals surface area contributed by atoms with E-state index in [2.05, 4.69) is 10.7 Å². The number of carbonyl (C=O) groups excluding carboxylic acids is 3. The molecule has 0 radical (unpaired) electrons. The van der Waals surface area contributed by atoms with Crippen molar-refractivity contribution in [3.05, 3.63) is 59.7 Å². The number of amides is 3. The van der Waals surface area contributed by atoms with Crippen molar-refractivity contribution in [1.29, 1.82) is 0 Å². The van der Waals surface area contributed by atoms with Gasteiger partial charge in [-0.1, -0.05) is 48.5 Å². The van der Waals surface area contributed by atoms with Crippen LogP contribution in [0.4, 0.5) is 4.79 Å². The first-order valence-electron chi connectivity index (χ1n) is 10.9. The zero-order valence-corrected chi connectivity index (χ0v) is 18.5. The van der Waals surface area contributed by atoms with Gasteiger partial charge >= 0.3 is 12.1 Å². The Hall–Kier alpha value is -3.92. The van der Waals surface area contributed by atoms with Crippen molar-refractivity contribution >= 4 is 23.9 Å². The number of rotatable bonds is 8. The molecule has 1 fully saturated rings. The molecular formula is C24H25N3O7. The molecule has 0 spiro atoms. The Balaban J connectivity index is 1.29. The van der Waals surface area contributed by atoms with E-state index in [4.69, 9.17) is 9.47 Å².